The zero-order valence-electron chi connectivity index (χ0n) is 6.45. The molecule has 2 nitrogen and oxygen atoms in total. The Morgan fingerprint density at radius 2 is 2.20 bits per heavy atom. The highest BCUT2D eigenvalue weighted by atomic mass is 16.3. The fourth-order valence-electron chi connectivity index (χ4n) is 2.42. The van der Waals surface area contributed by atoms with Gasteiger partial charge in [0.1, 0.15) is 0 Å². The Labute approximate surface area is 61.8 Å². The van der Waals surface area contributed by atoms with E-state index in [-0.39, 0.29) is 6.10 Å². The van der Waals surface area contributed by atoms with Gasteiger partial charge in [-0.3, -0.25) is 4.90 Å². The topological polar surface area (TPSA) is 23.5 Å². The van der Waals surface area contributed by atoms with E-state index in [1.165, 1.54) is 19.3 Å². The van der Waals surface area contributed by atoms with Crippen LogP contribution in [0, 0.1) is 0 Å². The van der Waals surface area contributed by atoms with Crippen LogP contribution in [0.4, 0.5) is 0 Å². The number of aliphatic hydroxyl groups is 1. The molecule has 3 atom stereocenters. The summed E-state index contributed by atoms with van der Waals surface area (Å²) < 4.78 is 0. The van der Waals surface area contributed by atoms with Gasteiger partial charge in [-0.25, -0.2) is 0 Å². The second-order valence-corrected chi connectivity index (χ2v) is 3.62. The molecule has 0 aromatic rings. The summed E-state index contributed by atoms with van der Waals surface area (Å²) in [7, 11) is 2.14. The molecule has 0 aromatic heterocycles. The standard InChI is InChI=1S/C8H15NO/c1-9-6-3-2-4-7(9)8(10)5-6/h6-8,10H,2-5H2,1H3/t6-,7+,8?/m1/s1. The van der Waals surface area contributed by atoms with Crippen LogP contribution in [-0.2, 0) is 0 Å². The largest absolute Gasteiger partial charge is 0.391 e. The molecule has 2 heterocycles. The first-order valence-electron chi connectivity index (χ1n) is 4.19. The van der Waals surface area contributed by atoms with Crippen LogP contribution in [0.15, 0.2) is 0 Å². The van der Waals surface area contributed by atoms with E-state index in [9.17, 15) is 5.11 Å². The van der Waals surface area contributed by atoms with Gasteiger partial charge in [0, 0.05) is 12.1 Å². The maximum atomic E-state index is 9.53. The third kappa shape index (κ3) is 0.789. The third-order valence-electron chi connectivity index (χ3n) is 3.09. The first kappa shape index (κ1) is 6.62. The van der Waals surface area contributed by atoms with E-state index in [2.05, 4.69) is 11.9 Å². The van der Waals surface area contributed by atoms with Crippen molar-refractivity contribution in [2.75, 3.05) is 7.05 Å². The first-order valence-corrected chi connectivity index (χ1v) is 4.19. The molecule has 0 saturated carbocycles. The monoisotopic (exact) mass is 141 g/mol. The highest BCUT2D eigenvalue weighted by Gasteiger charge is 2.40. The maximum Gasteiger partial charge on any atom is 0.0710 e. The summed E-state index contributed by atoms with van der Waals surface area (Å²) in [6.07, 6.45) is 4.80. The number of rotatable bonds is 0. The van der Waals surface area contributed by atoms with E-state index >= 15 is 0 Å². The van der Waals surface area contributed by atoms with Gasteiger partial charge in [-0.2, -0.15) is 0 Å². The Morgan fingerprint density at radius 1 is 1.40 bits per heavy atom. The average Bonchev–Trinajstić information content (AvgIpc) is 2.16. The van der Waals surface area contributed by atoms with Crippen LogP contribution in [0.3, 0.4) is 0 Å². The van der Waals surface area contributed by atoms with E-state index in [4.69, 9.17) is 0 Å². The van der Waals surface area contributed by atoms with Gasteiger partial charge in [0.15, 0.2) is 0 Å². The van der Waals surface area contributed by atoms with Crippen LogP contribution in [-0.4, -0.2) is 35.2 Å². The number of hydrogen-bond acceptors (Lipinski definition) is 2. The van der Waals surface area contributed by atoms with Crippen molar-refractivity contribution < 1.29 is 5.11 Å². The summed E-state index contributed by atoms with van der Waals surface area (Å²) in [6, 6.07) is 1.17. The van der Waals surface area contributed by atoms with Gasteiger partial charge in [-0.05, 0) is 26.3 Å². The molecule has 2 aliphatic heterocycles. The molecule has 0 aromatic carbocycles. The van der Waals surface area contributed by atoms with Crippen molar-refractivity contribution in [2.45, 2.75) is 43.9 Å². The van der Waals surface area contributed by atoms with Gasteiger partial charge in [-0.1, -0.05) is 6.42 Å². The van der Waals surface area contributed by atoms with Gasteiger partial charge in [0.2, 0.25) is 0 Å². The van der Waals surface area contributed by atoms with E-state index in [1.54, 1.807) is 0 Å². The lowest BCUT2D eigenvalue weighted by molar-refractivity contribution is 0.103. The lowest BCUT2D eigenvalue weighted by atomic mass is 10.0. The molecule has 0 radical (unpaired) electrons. The first-order chi connectivity index (χ1) is 4.79. The quantitative estimate of drug-likeness (QED) is 0.534. The number of hydrogen-bond donors (Lipinski definition) is 1. The van der Waals surface area contributed by atoms with Crippen LogP contribution in [0.2, 0.25) is 0 Å². The third-order valence-corrected chi connectivity index (χ3v) is 3.09. The zero-order valence-corrected chi connectivity index (χ0v) is 6.45. The van der Waals surface area contributed by atoms with Crippen LogP contribution in [0.25, 0.3) is 0 Å². The van der Waals surface area contributed by atoms with E-state index in [1.807, 2.05) is 0 Å². The Balaban J connectivity index is 2.14. The molecule has 0 spiro atoms. The molecule has 2 bridgehead atoms. The summed E-state index contributed by atoms with van der Waals surface area (Å²) in [4.78, 5) is 2.36. The van der Waals surface area contributed by atoms with E-state index in [0.29, 0.717) is 12.1 Å². The molecule has 1 N–H and O–H groups in total. The maximum absolute atomic E-state index is 9.53. The Bertz CT molecular complexity index is 137. The summed E-state index contributed by atoms with van der Waals surface area (Å²) >= 11 is 0. The average molecular weight is 141 g/mol. The lowest BCUT2D eigenvalue weighted by Gasteiger charge is -2.30. The van der Waals surface area contributed by atoms with Gasteiger partial charge in [-0.15, -0.1) is 0 Å². The predicted molar refractivity (Wildman–Crippen MR) is 39.8 cm³/mol. The van der Waals surface area contributed by atoms with Crippen molar-refractivity contribution in [1.82, 2.24) is 4.90 Å². The summed E-state index contributed by atoms with van der Waals surface area (Å²) in [5.74, 6) is 0. The molecule has 2 heteroatoms. The van der Waals surface area contributed by atoms with Crippen molar-refractivity contribution in [3.8, 4) is 0 Å². The van der Waals surface area contributed by atoms with Gasteiger partial charge < -0.3 is 5.11 Å². The van der Waals surface area contributed by atoms with Crippen molar-refractivity contribution >= 4 is 0 Å². The molecule has 0 amide bonds. The molecule has 0 aliphatic carbocycles. The van der Waals surface area contributed by atoms with Crippen LogP contribution < -0.4 is 0 Å². The Morgan fingerprint density at radius 3 is 2.80 bits per heavy atom. The molecule has 2 aliphatic rings. The summed E-state index contributed by atoms with van der Waals surface area (Å²) in [5, 5.41) is 9.53. The van der Waals surface area contributed by atoms with Crippen LogP contribution >= 0.6 is 0 Å². The molecular formula is C8H15NO. The van der Waals surface area contributed by atoms with Gasteiger partial charge in [0.05, 0.1) is 6.10 Å². The minimum absolute atomic E-state index is 0.0301. The highest BCUT2D eigenvalue weighted by molar-refractivity contribution is 4.95. The minimum Gasteiger partial charge on any atom is -0.391 e. The molecule has 2 rings (SSSR count). The number of aliphatic hydroxyl groups excluding tert-OH is 1. The minimum atomic E-state index is -0.0301. The number of likely N-dealkylation sites (N-methyl/N-ethyl adjacent to an activating group) is 1. The molecular weight excluding hydrogens is 126 g/mol. The molecule has 1 unspecified atom stereocenters. The summed E-state index contributed by atoms with van der Waals surface area (Å²) in [6.45, 7) is 0. The van der Waals surface area contributed by atoms with Crippen molar-refractivity contribution in [1.29, 1.82) is 0 Å². The second-order valence-electron chi connectivity index (χ2n) is 3.62. The Kier molecular flexibility index (Phi) is 1.46. The summed E-state index contributed by atoms with van der Waals surface area (Å²) in [5.41, 5.74) is 0. The number of nitrogens with zero attached hydrogens (tertiary/aromatic N) is 1. The SMILES string of the molecule is CN1[C@@H]2CCC[C@H]1C(O)C2. The van der Waals surface area contributed by atoms with Crippen molar-refractivity contribution in [3.63, 3.8) is 0 Å². The molecule has 2 fully saturated rings. The molecule has 10 heavy (non-hydrogen) atoms. The molecule has 58 valence electrons. The number of piperidine rings is 1. The van der Waals surface area contributed by atoms with Crippen molar-refractivity contribution in [2.24, 2.45) is 0 Å². The Hall–Kier alpha value is -0.0800. The predicted octanol–water partition coefficient (Wildman–Crippen LogP) is 0.604. The fraction of sp³-hybridized carbons (Fsp3) is 1.00. The van der Waals surface area contributed by atoms with Gasteiger partial charge >= 0.3 is 0 Å². The van der Waals surface area contributed by atoms with Crippen LogP contribution in [0.5, 0.6) is 0 Å². The molecule has 2 saturated heterocycles. The second kappa shape index (κ2) is 2.21. The number of fused-ring (bicyclic) bond motifs is 2. The van der Waals surface area contributed by atoms with E-state index in [0.717, 1.165) is 6.42 Å². The smallest absolute Gasteiger partial charge is 0.0710 e. The highest BCUT2D eigenvalue weighted by Crippen LogP contribution is 2.33. The van der Waals surface area contributed by atoms with E-state index < -0.39 is 0 Å². The van der Waals surface area contributed by atoms with Gasteiger partial charge in [0.25, 0.3) is 0 Å². The van der Waals surface area contributed by atoms with Crippen LogP contribution in [0.1, 0.15) is 25.7 Å². The lowest BCUT2D eigenvalue weighted by Crippen LogP contribution is -2.38. The van der Waals surface area contributed by atoms with Crippen molar-refractivity contribution in [3.05, 3.63) is 0 Å². The fourth-order valence-corrected chi connectivity index (χ4v) is 2.42. The zero-order chi connectivity index (χ0) is 7.14. The normalized spacial score (nSPS) is 48.0.